The van der Waals surface area contributed by atoms with Crippen molar-refractivity contribution in [3.63, 3.8) is 0 Å². The summed E-state index contributed by atoms with van der Waals surface area (Å²) in [5.41, 5.74) is 4.02. The molecular weight excluding hydrogens is 236 g/mol. The number of nitrogens with zero attached hydrogens (tertiary/aromatic N) is 1. The fourth-order valence-corrected chi connectivity index (χ4v) is 3.30. The second kappa shape index (κ2) is 4.71. The monoisotopic (exact) mass is 260 g/mol. The van der Waals surface area contributed by atoms with Crippen LogP contribution in [0.15, 0.2) is 18.2 Å². The van der Waals surface area contributed by atoms with Gasteiger partial charge in [-0.1, -0.05) is 6.07 Å². The van der Waals surface area contributed by atoms with Gasteiger partial charge in [-0.05, 0) is 51.3 Å². The highest BCUT2D eigenvalue weighted by Gasteiger charge is 2.31. The van der Waals surface area contributed by atoms with Crippen LogP contribution in [0, 0.1) is 0 Å². The van der Waals surface area contributed by atoms with E-state index >= 15 is 0 Å². The van der Waals surface area contributed by atoms with Crippen molar-refractivity contribution in [2.24, 2.45) is 0 Å². The van der Waals surface area contributed by atoms with Gasteiger partial charge in [0.2, 0.25) is 0 Å². The average molecular weight is 260 g/mol. The summed E-state index contributed by atoms with van der Waals surface area (Å²) < 4.78 is 5.98. The first-order valence-electron chi connectivity index (χ1n) is 7.33. The van der Waals surface area contributed by atoms with Crippen molar-refractivity contribution in [3.05, 3.63) is 23.8 Å². The number of hydrogen-bond acceptors (Lipinski definition) is 3. The van der Waals surface area contributed by atoms with Gasteiger partial charge in [-0.15, -0.1) is 0 Å². The Hall–Kier alpha value is -1.22. The van der Waals surface area contributed by atoms with Crippen LogP contribution < -0.4 is 10.2 Å². The molecule has 3 heteroatoms. The average Bonchev–Trinajstić information content (AvgIpc) is 2.36. The van der Waals surface area contributed by atoms with Crippen molar-refractivity contribution in [3.8, 4) is 0 Å². The van der Waals surface area contributed by atoms with Crippen LogP contribution in [-0.2, 0) is 11.2 Å². The van der Waals surface area contributed by atoms with Crippen LogP contribution in [-0.4, -0.2) is 31.3 Å². The van der Waals surface area contributed by atoms with Gasteiger partial charge < -0.3 is 15.0 Å². The SMILES string of the molecule is CC1CN(c2ccc3c(c2)NCCC3)CC(C)(C)O1. The second-order valence-electron chi connectivity index (χ2n) is 6.44. The molecule has 1 N–H and O–H groups in total. The predicted octanol–water partition coefficient (Wildman–Crippen LogP) is 3.05. The van der Waals surface area contributed by atoms with E-state index in [0.717, 1.165) is 19.6 Å². The lowest BCUT2D eigenvalue weighted by atomic mass is 10.0. The molecule has 1 unspecified atom stereocenters. The van der Waals surface area contributed by atoms with Crippen LogP contribution in [0.3, 0.4) is 0 Å². The molecular formula is C16H24N2O. The summed E-state index contributed by atoms with van der Waals surface area (Å²) in [7, 11) is 0. The first-order valence-corrected chi connectivity index (χ1v) is 7.33. The number of rotatable bonds is 1. The van der Waals surface area contributed by atoms with Gasteiger partial charge in [0.05, 0.1) is 11.7 Å². The summed E-state index contributed by atoms with van der Waals surface area (Å²) in [4.78, 5) is 2.45. The Labute approximate surface area is 115 Å². The molecule has 1 fully saturated rings. The molecule has 1 aromatic rings. The molecule has 3 rings (SSSR count). The standard InChI is InChI=1S/C16H24N2O/c1-12-10-18(11-16(2,3)19-12)14-7-6-13-5-4-8-17-15(13)9-14/h6-7,9,12,17H,4-5,8,10-11H2,1-3H3. The molecule has 104 valence electrons. The van der Waals surface area contributed by atoms with Gasteiger partial charge >= 0.3 is 0 Å². The minimum absolute atomic E-state index is 0.0685. The number of benzene rings is 1. The summed E-state index contributed by atoms with van der Waals surface area (Å²) in [5.74, 6) is 0. The number of nitrogens with one attached hydrogen (secondary N) is 1. The van der Waals surface area contributed by atoms with Crippen molar-refractivity contribution in [1.82, 2.24) is 0 Å². The summed E-state index contributed by atoms with van der Waals surface area (Å²) in [6.07, 6.45) is 2.73. The van der Waals surface area contributed by atoms with E-state index < -0.39 is 0 Å². The van der Waals surface area contributed by atoms with E-state index in [1.165, 1.54) is 29.8 Å². The Kier molecular flexibility index (Phi) is 3.17. The maximum atomic E-state index is 5.98. The van der Waals surface area contributed by atoms with E-state index in [0.29, 0.717) is 0 Å². The van der Waals surface area contributed by atoms with Crippen molar-refractivity contribution in [1.29, 1.82) is 0 Å². The van der Waals surface area contributed by atoms with Gasteiger partial charge in [0.1, 0.15) is 0 Å². The van der Waals surface area contributed by atoms with E-state index in [2.05, 4.69) is 49.2 Å². The number of hydrogen-bond donors (Lipinski definition) is 1. The molecule has 2 heterocycles. The zero-order chi connectivity index (χ0) is 13.5. The Bertz CT molecular complexity index is 470. The molecule has 0 radical (unpaired) electrons. The van der Waals surface area contributed by atoms with Gasteiger partial charge in [-0.25, -0.2) is 0 Å². The van der Waals surface area contributed by atoms with Crippen LogP contribution in [0.4, 0.5) is 11.4 Å². The highest BCUT2D eigenvalue weighted by atomic mass is 16.5. The predicted molar refractivity (Wildman–Crippen MR) is 80.1 cm³/mol. The summed E-state index contributed by atoms with van der Waals surface area (Å²) in [6.45, 7) is 9.53. The van der Waals surface area contributed by atoms with Crippen LogP contribution >= 0.6 is 0 Å². The number of ether oxygens (including phenoxy) is 1. The lowest BCUT2D eigenvalue weighted by Crippen LogP contribution is -2.52. The Morgan fingerprint density at radius 2 is 2.21 bits per heavy atom. The zero-order valence-corrected chi connectivity index (χ0v) is 12.2. The molecule has 0 spiro atoms. The van der Waals surface area contributed by atoms with E-state index in [-0.39, 0.29) is 11.7 Å². The molecule has 0 aliphatic carbocycles. The number of anilines is 2. The van der Waals surface area contributed by atoms with E-state index in [1.807, 2.05) is 0 Å². The van der Waals surface area contributed by atoms with Gasteiger partial charge in [-0.3, -0.25) is 0 Å². The molecule has 1 saturated heterocycles. The molecule has 1 atom stereocenters. The number of morpholine rings is 1. The van der Waals surface area contributed by atoms with Crippen molar-refractivity contribution < 1.29 is 4.74 Å². The van der Waals surface area contributed by atoms with Crippen LogP contribution in [0.2, 0.25) is 0 Å². The van der Waals surface area contributed by atoms with Crippen LogP contribution in [0.1, 0.15) is 32.8 Å². The van der Waals surface area contributed by atoms with E-state index in [9.17, 15) is 0 Å². The third-order valence-corrected chi connectivity index (χ3v) is 3.97. The molecule has 1 aromatic carbocycles. The van der Waals surface area contributed by atoms with Gasteiger partial charge in [0.25, 0.3) is 0 Å². The van der Waals surface area contributed by atoms with Gasteiger partial charge in [-0.2, -0.15) is 0 Å². The maximum Gasteiger partial charge on any atom is 0.0805 e. The Morgan fingerprint density at radius 3 is 3.00 bits per heavy atom. The van der Waals surface area contributed by atoms with Gasteiger partial charge in [0, 0.05) is 31.0 Å². The normalized spacial score (nSPS) is 25.6. The molecule has 0 bridgehead atoms. The highest BCUT2D eigenvalue weighted by molar-refractivity contribution is 5.63. The Balaban J connectivity index is 1.85. The third kappa shape index (κ3) is 2.71. The minimum atomic E-state index is -0.0685. The number of aryl methyl sites for hydroxylation is 1. The quantitative estimate of drug-likeness (QED) is 0.840. The molecule has 19 heavy (non-hydrogen) atoms. The third-order valence-electron chi connectivity index (χ3n) is 3.97. The minimum Gasteiger partial charge on any atom is -0.385 e. The smallest absolute Gasteiger partial charge is 0.0805 e. The molecule has 0 aromatic heterocycles. The first kappa shape index (κ1) is 12.8. The lowest BCUT2D eigenvalue weighted by molar-refractivity contribution is -0.0749. The molecule has 0 saturated carbocycles. The molecule has 0 amide bonds. The largest absolute Gasteiger partial charge is 0.385 e. The zero-order valence-electron chi connectivity index (χ0n) is 12.2. The number of fused-ring (bicyclic) bond motifs is 1. The Morgan fingerprint density at radius 1 is 1.37 bits per heavy atom. The lowest BCUT2D eigenvalue weighted by Gasteiger charge is -2.43. The topological polar surface area (TPSA) is 24.5 Å². The van der Waals surface area contributed by atoms with Crippen LogP contribution in [0.25, 0.3) is 0 Å². The molecule has 3 nitrogen and oxygen atoms in total. The van der Waals surface area contributed by atoms with Gasteiger partial charge in [0.15, 0.2) is 0 Å². The summed E-state index contributed by atoms with van der Waals surface area (Å²) in [6, 6.07) is 6.85. The first-order chi connectivity index (χ1) is 9.03. The fourth-order valence-electron chi connectivity index (χ4n) is 3.30. The van der Waals surface area contributed by atoms with Crippen molar-refractivity contribution >= 4 is 11.4 Å². The molecule has 2 aliphatic rings. The summed E-state index contributed by atoms with van der Waals surface area (Å²) >= 11 is 0. The van der Waals surface area contributed by atoms with Crippen LogP contribution in [0.5, 0.6) is 0 Å². The van der Waals surface area contributed by atoms with Crippen molar-refractivity contribution in [2.45, 2.75) is 45.3 Å². The molecule has 2 aliphatic heterocycles. The summed E-state index contributed by atoms with van der Waals surface area (Å²) in [5, 5.41) is 3.52. The van der Waals surface area contributed by atoms with Crippen molar-refractivity contribution in [2.75, 3.05) is 29.9 Å². The highest BCUT2D eigenvalue weighted by Crippen LogP contribution is 2.31. The fraction of sp³-hybridized carbons (Fsp3) is 0.625. The second-order valence-corrected chi connectivity index (χ2v) is 6.44. The van der Waals surface area contributed by atoms with E-state index in [4.69, 9.17) is 4.74 Å². The van der Waals surface area contributed by atoms with E-state index in [1.54, 1.807) is 0 Å². The maximum absolute atomic E-state index is 5.98.